The molecule has 1 aliphatic rings. The summed E-state index contributed by atoms with van der Waals surface area (Å²) >= 11 is 0. The van der Waals surface area contributed by atoms with Gasteiger partial charge < -0.3 is 10.6 Å². The monoisotopic (exact) mass is 262 g/mol. The molecule has 0 saturated carbocycles. The van der Waals surface area contributed by atoms with Crippen LogP contribution in [-0.4, -0.2) is 44.5 Å². The van der Waals surface area contributed by atoms with Gasteiger partial charge >= 0.3 is 0 Å². The zero-order valence-electron chi connectivity index (χ0n) is 10.7. The Bertz CT molecular complexity index is 370. The van der Waals surface area contributed by atoms with Crippen LogP contribution in [-0.2, 0) is 14.6 Å². The smallest absolute Gasteiger partial charge is 0.237 e. The van der Waals surface area contributed by atoms with Crippen LogP contribution in [0.4, 0.5) is 0 Å². The van der Waals surface area contributed by atoms with Crippen LogP contribution >= 0.6 is 0 Å². The number of nitrogens with one attached hydrogen (secondary N) is 2. The highest BCUT2D eigenvalue weighted by molar-refractivity contribution is 7.92. The third-order valence-corrected chi connectivity index (χ3v) is 5.47. The minimum absolute atomic E-state index is 0.0959. The van der Waals surface area contributed by atoms with Gasteiger partial charge in [-0.1, -0.05) is 6.42 Å². The first kappa shape index (κ1) is 14.4. The van der Waals surface area contributed by atoms with Gasteiger partial charge in [0.05, 0.1) is 10.8 Å². The van der Waals surface area contributed by atoms with Gasteiger partial charge in [0.25, 0.3) is 0 Å². The van der Waals surface area contributed by atoms with Gasteiger partial charge in [-0.3, -0.25) is 4.79 Å². The maximum Gasteiger partial charge on any atom is 0.237 e. The number of carbonyl (C=O) groups excluding carboxylic acids is 1. The normalized spacial score (nSPS) is 22.2. The molecule has 0 aromatic rings. The SMILES string of the molecule is CC(C)(CNC(=O)[C@@H]1CCCCN1)S(C)(=O)=O. The third kappa shape index (κ3) is 3.96. The van der Waals surface area contributed by atoms with Gasteiger partial charge in [0.2, 0.25) is 5.91 Å². The molecule has 0 unspecified atom stereocenters. The van der Waals surface area contributed by atoms with Crippen molar-refractivity contribution in [1.29, 1.82) is 0 Å². The fourth-order valence-electron chi connectivity index (χ4n) is 1.63. The first-order chi connectivity index (χ1) is 7.74. The highest BCUT2D eigenvalue weighted by Crippen LogP contribution is 2.14. The molecule has 1 rings (SSSR count). The molecule has 5 nitrogen and oxygen atoms in total. The Balaban J connectivity index is 2.47. The van der Waals surface area contributed by atoms with Crippen LogP contribution in [0.15, 0.2) is 0 Å². The Hall–Kier alpha value is -0.620. The quantitative estimate of drug-likeness (QED) is 0.752. The van der Waals surface area contributed by atoms with Gasteiger partial charge in [-0.05, 0) is 33.2 Å². The summed E-state index contributed by atoms with van der Waals surface area (Å²) < 4.78 is 22.0. The molecule has 1 atom stereocenters. The second-order valence-corrected chi connectivity index (χ2v) is 7.90. The summed E-state index contributed by atoms with van der Waals surface area (Å²) in [6.45, 7) is 4.25. The van der Waals surface area contributed by atoms with Crippen LogP contribution in [0.1, 0.15) is 33.1 Å². The molecule has 100 valence electrons. The lowest BCUT2D eigenvalue weighted by Gasteiger charge is -2.26. The molecule has 1 heterocycles. The van der Waals surface area contributed by atoms with Crippen LogP contribution in [0.5, 0.6) is 0 Å². The number of rotatable bonds is 4. The summed E-state index contributed by atoms with van der Waals surface area (Å²) in [6, 6.07) is -0.167. The molecule has 2 N–H and O–H groups in total. The maximum atomic E-state index is 11.8. The van der Waals surface area contributed by atoms with Gasteiger partial charge in [0, 0.05) is 12.8 Å². The van der Waals surface area contributed by atoms with Crippen LogP contribution in [0, 0.1) is 0 Å². The average Bonchev–Trinajstić information content (AvgIpc) is 2.25. The predicted molar refractivity (Wildman–Crippen MR) is 67.6 cm³/mol. The summed E-state index contributed by atoms with van der Waals surface area (Å²) in [5.74, 6) is -0.0959. The molecular weight excluding hydrogens is 240 g/mol. The Morgan fingerprint density at radius 2 is 2.06 bits per heavy atom. The number of amides is 1. The lowest BCUT2D eigenvalue weighted by Crippen LogP contribution is -2.51. The zero-order chi connectivity index (χ0) is 13.1. The van der Waals surface area contributed by atoms with E-state index in [0.717, 1.165) is 25.8 Å². The molecule has 17 heavy (non-hydrogen) atoms. The van der Waals surface area contributed by atoms with Crippen molar-refractivity contribution in [3.63, 3.8) is 0 Å². The summed E-state index contributed by atoms with van der Waals surface area (Å²) in [5.41, 5.74) is 0. The van der Waals surface area contributed by atoms with E-state index in [9.17, 15) is 13.2 Å². The van der Waals surface area contributed by atoms with Crippen molar-refractivity contribution in [3.05, 3.63) is 0 Å². The zero-order valence-corrected chi connectivity index (χ0v) is 11.6. The first-order valence-electron chi connectivity index (χ1n) is 5.95. The van der Waals surface area contributed by atoms with E-state index in [0.29, 0.717) is 0 Å². The highest BCUT2D eigenvalue weighted by atomic mass is 32.2. The van der Waals surface area contributed by atoms with Crippen LogP contribution in [0.2, 0.25) is 0 Å². The minimum Gasteiger partial charge on any atom is -0.353 e. The van der Waals surface area contributed by atoms with Crippen molar-refractivity contribution in [2.45, 2.75) is 43.9 Å². The van der Waals surface area contributed by atoms with E-state index in [4.69, 9.17) is 0 Å². The Labute approximate surface area is 103 Å². The van der Waals surface area contributed by atoms with E-state index in [1.807, 2.05) is 0 Å². The van der Waals surface area contributed by atoms with Crippen molar-refractivity contribution in [1.82, 2.24) is 10.6 Å². The number of piperidine rings is 1. The lowest BCUT2D eigenvalue weighted by atomic mass is 10.0. The van der Waals surface area contributed by atoms with Crippen molar-refractivity contribution in [2.75, 3.05) is 19.3 Å². The topological polar surface area (TPSA) is 75.3 Å². The van der Waals surface area contributed by atoms with Crippen molar-refractivity contribution in [2.24, 2.45) is 0 Å². The second kappa shape index (κ2) is 5.35. The fourth-order valence-corrected chi connectivity index (χ4v) is 1.96. The molecule has 0 aromatic carbocycles. The Morgan fingerprint density at radius 3 is 2.53 bits per heavy atom. The maximum absolute atomic E-state index is 11.8. The minimum atomic E-state index is -3.16. The molecule has 1 fully saturated rings. The lowest BCUT2D eigenvalue weighted by molar-refractivity contribution is -0.123. The van der Waals surface area contributed by atoms with Crippen molar-refractivity contribution < 1.29 is 13.2 Å². The van der Waals surface area contributed by atoms with E-state index in [-0.39, 0.29) is 18.5 Å². The Morgan fingerprint density at radius 1 is 1.41 bits per heavy atom. The molecular formula is C11H22N2O3S. The van der Waals surface area contributed by atoms with E-state index < -0.39 is 14.6 Å². The molecule has 1 amide bonds. The van der Waals surface area contributed by atoms with Crippen molar-refractivity contribution in [3.8, 4) is 0 Å². The molecule has 6 heteroatoms. The van der Waals surface area contributed by atoms with Crippen LogP contribution < -0.4 is 10.6 Å². The standard InChI is InChI=1S/C11H22N2O3S/c1-11(2,17(3,15)16)8-13-10(14)9-6-4-5-7-12-9/h9,12H,4-8H2,1-3H3,(H,13,14)/t9-/m0/s1. The third-order valence-electron chi connectivity index (χ3n) is 3.32. The largest absolute Gasteiger partial charge is 0.353 e. The van der Waals surface area contributed by atoms with E-state index in [1.54, 1.807) is 13.8 Å². The number of carbonyl (C=O) groups is 1. The van der Waals surface area contributed by atoms with Gasteiger partial charge in [0.1, 0.15) is 0 Å². The molecule has 1 aliphatic heterocycles. The molecule has 0 bridgehead atoms. The molecule has 0 aromatic heterocycles. The number of hydrogen-bond donors (Lipinski definition) is 2. The summed E-state index contributed by atoms with van der Waals surface area (Å²) in [5, 5.41) is 5.85. The Kier molecular flexibility index (Phi) is 4.55. The van der Waals surface area contributed by atoms with E-state index in [1.165, 1.54) is 6.26 Å². The average molecular weight is 262 g/mol. The van der Waals surface area contributed by atoms with Crippen molar-refractivity contribution >= 4 is 15.7 Å². The van der Waals surface area contributed by atoms with Gasteiger partial charge in [0.15, 0.2) is 9.84 Å². The summed E-state index contributed by atoms with van der Waals surface area (Å²) in [7, 11) is -3.16. The molecule has 1 saturated heterocycles. The van der Waals surface area contributed by atoms with Gasteiger partial charge in [-0.25, -0.2) is 8.42 Å². The first-order valence-corrected chi connectivity index (χ1v) is 7.84. The number of sulfone groups is 1. The highest BCUT2D eigenvalue weighted by Gasteiger charge is 2.31. The predicted octanol–water partition coefficient (Wildman–Crippen LogP) is 0.0679. The fraction of sp³-hybridized carbons (Fsp3) is 0.909. The van der Waals surface area contributed by atoms with E-state index >= 15 is 0 Å². The molecule has 0 spiro atoms. The molecule has 0 radical (unpaired) electrons. The van der Waals surface area contributed by atoms with E-state index in [2.05, 4.69) is 10.6 Å². The second-order valence-electron chi connectivity index (χ2n) is 5.25. The molecule has 0 aliphatic carbocycles. The summed E-state index contributed by atoms with van der Waals surface area (Å²) in [6.07, 6.45) is 4.16. The van der Waals surface area contributed by atoms with Gasteiger partial charge in [-0.15, -0.1) is 0 Å². The van der Waals surface area contributed by atoms with Gasteiger partial charge in [-0.2, -0.15) is 0 Å². The van der Waals surface area contributed by atoms with Crippen LogP contribution in [0.25, 0.3) is 0 Å². The summed E-state index contributed by atoms with van der Waals surface area (Å²) in [4.78, 5) is 11.8. The van der Waals surface area contributed by atoms with Crippen LogP contribution in [0.3, 0.4) is 0 Å². The number of hydrogen-bond acceptors (Lipinski definition) is 4.